The molecule has 0 aromatic rings. The van der Waals surface area contributed by atoms with Gasteiger partial charge in [0.1, 0.15) is 6.04 Å². The number of halogens is 3. The van der Waals surface area contributed by atoms with E-state index in [1.54, 1.807) is 13.8 Å². The number of carbonyl (C=O) groups excluding carboxylic acids is 2. The summed E-state index contributed by atoms with van der Waals surface area (Å²) in [5.41, 5.74) is 2.00. The van der Waals surface area contributed by atoms with Gasteiger partial charge in [-0.1, -0.05) is 13.8 Å². The Balaban J connectivity index is 5.09. The quantitative estimate of drug-likeness (QED) is 0.791. The molecular formula is C12H22F3N3O2. The summed E-state index contributed by atoms with van der Waals surface area (Å²) in [4.78, 5) is 24.8. The van der Waals surface area contributed by atoms with Crippen molar-refractivity contribution in [2.24, 2.45) is 11.7 Å². The van der Waals surface area contributed by atoms with E-state index in [1.807, 2.05) is 0 Å². The highest BCUT2D eigenvalue weighted by Crippen LogP contribution is 2.28. The minimum atomic E-state index is -4.89. The molecule has 0 bridgehead atoms. The molecule has 5 nitrogen and oxygen atoms in total. The lowest BCUT2D eigenvalue weighted by molar-refractivity contribution is -0.188. The summed E-state index contributed by atoms with van der Waals surface area (Å²) in [6, 6.07) is -1.03. The van der Waals surface area contributed by atoms with Crippen LogP contribution in [0.1, 0.15) is 27.2 Å². The molecule has 2 amide bonds. The normalized spacial score (nSPS) is 16.5. The molecule has 2 unspecified atom stereocenters. The first-order chi connectivity index (χ1) is 8.80. The largest absolute Gasteiger partial charge is 0.415 e. The van der Waals surface area contributed by atoms with Crippen molar-refractivity contribution in [1.29, 1.82) is 0 Å². The first-order valence-electron chi connectivity index (χ1n) is 6.18. The number of likely N-dealkylation sites (N-methyl/N-ethyl adjacent to an activating group) is 1. The van der Waals surface area contributed by atoms with Crippen LogP contribution in [-0.2, 0) is 9.59 Å². The zero-order valence-electron chi connectivity index (χ0n) is 12.3. The maximum Gasteiger partial charge on any atom is 0.415 e. The molecule has 0 saturated heterocycles. The molecule has 20 heavy (non-hydrogen) atoms. The Hall–Kier alpha value is -1.31. The second-order valence-corrected chi connectivity index (χ2v) is 5.59. The van der Waals surface area contributed by atoms with Crippen molar-refractivity contribution in [3.8, 4) is 0 Å². The molecule has 118 valence electrons. The molecule has 0 heterocycles. The van der Waals surface area contributed by atoms with Gasteiger partial charge in [-0.3, -0.25) is 9.59 Å². The minimum Gasteiger partial charge on any atom is -0.347 e. The van der Waals surface area contributed by atoms with E-state index < -0.39 is 29.6 Å². The number of hydrogen-bond donors (Lipinski definition) is 2. The molecule has 3 N–H and O–H groups in total. The molecule has 0 spiro atoms. The van der Waals surface area contributed by atoms with Gasteiger partial charge in [-0.2, -0.15) is 13.2 Å². The van der Waals surface area contributed by atoms with Crippen LogP contribution in [0.3, 0.4) is 0 Å². The number of carbonyl (C=O) groups is 2. The van der Waals surface area contributed by atoms with E-state index in [1.165, 1.54) is 19.0 Å². The van der Waals surface area contributed by atoms with E-state index in [2.05, 4.69) is 5.32 Å². The van der Waals surface area contributed by atoms with Gasteiger partial charge in [0, 0.05) is 14.1 Å². The predicted molar refractivity (Wildman–Crippen MR) is 68.7 cm³/mol. The van der Waals surface area contributed by atoms with Gasteiger partial charge in [-0.05, 0) is 19.3 Å². The highest BCUT2D eigenvalue weighted by atomic mass is 19.4. The van der Waals surface area contributed by atoms with Gasteiger partial charge in [0.25, 0.3) is 0 Å². The number of amides is 2. The molecule has 8 heteroatoms. The van der Waals surface area contributed by atoms with Gasteiger partial charge < -0.3 is 16.0 Å². The molecule has 0 aliphatic rings. The van der Waals surface area contributed by atoms with Crippen LogP contribution in [0.4, 0.5) is 13.2 Å². The fraction of sp³-hybridized carbons (Fsp3) is 0.833. The summed E-state index contributed by atoms with van der Waals surface area (Å²) in [5, 5.41) is 2.10. The van der Waals surface area contributed by atoms with Gasteiger partial charge in [-0.25, -0.2) is 0 Å². The highest BCUT2D eigenvalue weighted by molar-refractivity contribution is 5.92. The summed E-state index contributed by atoms with van der Waals surface area (Å²) in [6.45, 7) is 4.18. The van der Waals surface area contributed by atoms with E-state index in [9.17, 15) is 22.8 Å². The van der Waals surface area contributed by atoms with Crippen LogP contribution >= 0.6 is 0 Å². The molecule has 0 saturated carbocycles. The van der Waals surface area contributed by atoms with E-state index >= 15 is 0 Å². The fourth-order valence-corrected chi connectivity index (χ4v) is 1.44. The number of rotatable bonds is 5. The second-order valence-electron chi connectivity index (χ2n) is 5.59. The Morgan fingerprint density at radius 3 is 2.00 bits per heavy atom. The van der Waals surface area contributed by atoms with Crippen LogP contribution in [0.15, 0.2) is 0 Å². The Labute approximate surface area is 116 Å². The summed E-state index contributed by atoms with van der Waals surface area (Å²) in [7, 11) is 2.93. The molecule has 0 radical (unpaired) electrons. The number of alkyl halides is 3. The lowest BCUT2D eigenvalue weighted by Crippen LogP contribution is -2.64. The van der Waals surface area contributed by atoms with Crippen molar-refractivity contribution >= 4 is 11.8 Å². The average Bonchev–Trinajstić information content (AvgIpc) is 2.24. The van der Waals surface area contributed by atoms with Crippen LogP contribution in [-0.4, -0.2) is 48.6 Å². The Morgan fingerprint density at radius 2 is 1.70 bits per heavy atom. The van der Waals surface area contributed by atoms with Crippen molar-refractivity contribution in [2.75, 3.05) is 14.1 Å². The van der Waals surface area contributed by atoms with Crippen molar-refractivity contribution in [1.82, 2.24) is 10.2 Å². The lowest BCUT2D eigenvalue weighted by atomic mass is 9.98. The topological polar surface area (TPSA) is 75.4 Å². The number of hydrogen-bond acceptors (Lipinski definition) is 3. The zero-order chi connectivity index (χ0) is 16.3. The minimum absolute atomic E-state index is 0.0270. The highest BCUT2D eigenvalue weighted by Gasteiger charge is 2.54. The average molecular weight is 297 g/mol. The van der Waals surface area contributed by atoms with Crippen molar-refractivity contribution < 1.29 is 22.8 Å². The van der Waals surface area contributed by atoms with Gasteiger partial charge in [0.05, 0.1) is 0 Å². The van der Waals surface area contributed by atoms with Crippen LogP contribution < -0.4 is 11.1 Å². The summed E-state index contributed by atoms with van der Waals surface area (Å²) in [6.07, 6.45) is -4.66. The van der Waals surface area contributed by atoms with Gasteiger partial charge in [0.2, 0.25) is 11.8 Å². The maximum absolute atomic E-state index is 12.7. The molecule has 0 aromatic carbocycles. The molecule has 0 fully saturated rings. The Bertz CT molecular complexity index is 365. The van der Waals surface area contributed by atoms with Crippen LogP contribution in [0, 0.1) is 5.92 Å². The molecule has 0 aliphatic heterocycles. The summed E-state index contributed by atoms with van der Waals surface area (Å²) < 4.78 is 38.0. The van der Waals surface area contributed by atoms with Gasteiger partial charge >= 0.3 is 6.18 Å². The Morgan fingerprint density at radius 1 is 1.25 bits per heavy atom. The van der Waals surface area contributed by atoms with Gasteiger partial charge in [-0.15, -0.1) is 0 Å². The lowest BCUT2D eigenvalue weighted by Gasteiger charge is -2.30. The van der Waals surface area contributed by atoms with Crippen molar-refractivity contribution in [3.05, 3.63) is 0 Å². The van der Waals surface area contributed by atoms with Gasteiger partial charge in [0.15, 0.2) is 5.54 Å². The van der Waals surface area contributed by atoms with Crippen LogP contribution in [0.2, 0.25) is 0 Å². The molecule has 0 aromatic heterocycles. The third-order valence-electron chi connectivity index (χ3n) is 2.81. The molecule has 0 rings (SSSR count). The van der Waals surface area contributed by atoms with E-state index in [0.29, 0.717) is 6.92 Å². The summed E-state index contributed by atoms with van der Waals surface area (Å²) in [5.74, 6) is -1.85. The summed E-state index contributed by atoms with van der Waals surface area (Å²) >= 11 is 0. The van der Waals surface area contributed by atoms with Crippen LogP contribution in [0.5, 0.6) is 0 Å². The number of nitrogens with zero attached hydrogens (tertiary/aromatic N) is 1. The van der Waals surface area contributed by atoms with Crippen molar-refractivity contribution in [3.63, 3.8) is 0 Å². The number of nitrogens with two attached hydrogens (primary N) is 1. The standard InChI is InChI=1S/C12H22F3N3O2/c1-7(2)6-8(9(19)18(4)5)17-10(20)11(3,16)12(13,14)15/h7-8H,6,16H2,1-5H3,(H,17,20). The SMILES string of the molecule is CC(C)CC(NC(=O)C(C)(N)C(F)(F)F)C(=O)N(C)C. The molecular weight excluding hydrogens is 275 g/mol. The zero-order valence-corrected chi connectivity index (χ0v) is 12.3. The van der Waals surface area contributed by atoms with E-state index in [4.69, 9.17) is 5.73 Å². The van der Waals surface area contributed by atoms with E-state index in [0.717, 1.165) is 0 Å². The molecule has 2 atom stereocenters. The monoisotopic (exact) mass is 297 g/mol. The second kappa shape index (κ2) is 6.43. The first kappa shape index (κ1) is 18.7. The van der Waals surface area contributed by atoms with E-state index in [-0.39, 0.29) is 12.3 Å². The molecule has 0 aliphatic carbocycles. The van der Waals surface area contributed by atoms with Crippen LogP contribution in [0.25, 0.3) is 0 Å². The fourth-order valence-electron chi connectivity index (χ4n) is 1.44. The number of nitrogens with one attached hydrogen (secondary N) is 1. The third kappa shape index (κ3) is 4.66. The maximum atomic E-state index is 12.7. The third-order valence-corrected chi connectivity index (χ3v) is 2.81. The smallest absolute Gasteiger partial charge is 0.347 e. The Kier molecular flexibility index (Phi) is 6.01. The predicted octanol–water partition coefficient (Wildman–Crippen LogP) is 0.885. The first-order valence-corrected chi connectivity index (χ1v) is 6.18. The van der Waals surface area contributed by atoms with Crippen molar-refractivity contribution in [2.45, 2.75) is 44.9 Å².